The standard InChI is InChI=1S/C17H21NO5/c1-3-22-16(20)6-5-9-18-14-8-7-13(19)10-12(14)11-15(18)17(21)23-4-2/h7-8,10-11,19H,3-6,9H2,1-2H3. The smallest absolute Gasteiger partial charge is 0.354 e. The van der Waals surface area contributed by atoms with Gasteiger partial charge in [-0.1, -0.05) is 0 Å². The minimum Gasteiger partial charge on any atom is -0.508 e. The third kappa shape index (κ3) is 4.03. The number of hydrogen-bond donors (Lipinski definition) is 1. The van der Waals surface area contributed by atoms with Crippen LogP contribution in [0.5, 0.6) is 5.75 Å². The van der Waals surface area contributed by atoms with Crippen LogP contribution < -0.4 is 0 Å². The van der Waals surface area contributed by atoms with E-state index in [-0.39, 0.29) is 24.7 Å². The van der Waals surface area contributed by atoms with Gasteiger partial charge < -0.3 is 19.1 Å². The first-order chi connectivity index (χ1) is 11.1. The maximum absolute atomic E-state index is 12.1. The summed E-state index contributed by atoms with van der Waals surface area (Å²) in [7, 11) is 0. The highest BCUT2D eigenvalue weighted by Crippen LogP contribution is 2.25. The van der Waals surface area contributed by atoms with E-state index in [2.05, 4.69) is 0 Å². The van der Waals surface area contributed by atoms with E-state index in [9.17, 15) is 14.7 Å². The quantitative estimate of drug-likeness (QED) is 0.794. The van der Waals surface area contributed by atoms with E-state index in [0.717, 1.165) is 10.9 Å². The molecule has 124 valence electrons. The molecule has 23 heavy (non-hydrogen) atoms. The molecule has 0 saturated carbocycles. The van der Waals surface area contributed by atoms with Crippen molar-refractivity contribution in [1.82, 2.24) is 4.57 Å². The highest BCUT2D eigenvalue weighted by molar-refractivity contribution is 5.96. The van der Waals surface area contributed by atoms with Crippen molar-refractivity contribution < 1.29 is 24.2 Å². The molecule has 0 aliphatic rings. The van der Waals surface area contributed by atoms with Crippen LogP contribution in [-0.2, 0) is 20.8 Å². The van der Waals surface area contributed by atoms with Gasteiger partial charge in [-0.2, -0.15) is 0 Å². The number of ether oxygens (including phenoxy) is 2. The number of nitrogens with zero attached hydrogens (tertiary/aromatic N) is 1. The lowest BCUT2D eigenvalue weighted by atomic mass is 10.2. The third-order valence-electron chi connectivity index (χ3n) is 3.44. The first-order valence-electron chi connectivity index (χ1n) is 7.71. The van der Waals surface area contributed by atoms with Gasteiger partial charge in [0.2, 0.25) is 0 Å². The Kier molecular flexibility index (Phi) is 5.62. The van der Waals surface area contributed by atoms with Crippen LogP contribution >= 0.6 is 0 Å². The molecule has 0 aliphatic heterocycles. The van der Waals surface area contributed by atoms with Gasteiger partial charge in [0.05, 0.1) is 13.2 Å². The van der Waals surface area contributed by atoms with Crippen LogP contribution in [-0.4, -0.2) is 34.8 Å². The Morgan fingerprint density at radius 2 is 1.87 bits per heavy atom. The molecule has 1 aromatic heterocycles. The molecule has 1 N–H and O–H groups in total. The number of phenols is 1. The maximum atomic E-state index is 12.1. The predicted octanol–water partition coefficient (Wildman–Crippen LogP) is 2.87. The first kappa shape index (κ1) is 16.9. The van der Waals surface area contributed by atoms with Gasteiger partial charge in [0.25, 0.3) is 0 Å². The summed E-state index contributed by atoms with van der Waals surface area (Å²) in [5, 5.41) is 10.3. The van der Waals surface area contributed by atoms with E-state index in [1.807, 2.05) is 4.57 Å². The van der Waals surface area contributed by atoms with E-state index in [1.54, 1.807) is 38.1 Å². The van der Waals surface area contributed by atoms with Crippen molar-refractivity contribution >= 4 is 22.8 Å². The summed E-state index contributed by atoms with van der Waals surface area (Å²) in [5.74, 6) is -0.532. The second-order valence-corrected chi connectivity index (χ2v) is 5.05. The van der Waals surface area contributed by atoms with Gasteiger partial charge in [-0.05, 0) is 44.5 Å². The lowest BCUT2D eigenvalue weighted by molar-refractivity contribution is -0.143. The Balaban J connectivity index is 2.25. The van der Waals surface area contributed by atoms with Gasteiger partial charge in [-0.15, -0.1) is 0 Å². The Labute approximate surface area is 134 Å². The van der Waals surface area contributed by atoms with E-state index in [0.29, 0.717) is 25.3 Å². The molecule has 1 heterocycles. The van der Waals surface area contributed by atoms with Crippen LogP contribution in [0, 0.1) is 0 Å². The van der Waals surface area contributed by atoms with E-state index < -0.39 is 5.97 Å². The largest absolute Gasteiger partial charge is 0.508 e. The number of carbonyl (C=O) groups is 2. The molecule has 0 bridgehead atoms. The number of benzene rings is 1. The van der Waals surface area contributed by atoms with Crippen LogP contribution in [0.3, 0.4) is 0 Å². The van der Waals surface area contributed by atoms with Gasteiger partial charge in [-0.3, -0.25) is 4.79 Å². The summed E-state index contributed by atoms with van der Waals surface area (Å²) in [6.45, 7) is 4.65. The molecule has 2 aromatic rings. The number of carbonyl (C=O) groups excluding carboxylic acids is 2. The average Bonchev–Trinajstić information content (AvgIpc) is 2.86. The van der Waals surface area contributed by atoms with Crippen molar-refractivity contribution in [2.45, 2.75) is 33.2 Å². The normalized spacial score (nSPS) is 10.7. The van der Waals surface area contributed by atoms with Crippen LogP contribution in [0.15, 0.2) is 24.3 Å². The molecule has 0 spiro atoms. The van der Waals surface area contributed by atoms with Gasteiger partial charge in [0, 0.05) is 23.9 Å². The highest BCUT2D eigenvalue weighted by atomic mass is 16.5. The molecule has 6 nitrogen and oxygen atoms in total. The number of aryl methyl sites for hydroxylation is 1. The molecule has 1 aromatic carbocycles. The minimum absolute atomic E-state index is 0.136. The van der Waals surface area contributed by atoms with Gasteiger partial charge in [-0.25, -0.2) is 4.79 Å². The van der Waals surface area contributed by atoms with Crippen LogP contribution in [0.1, 0.15) is 37.2 Å². The van der Waals surface area contributed by atoms with Crippen molar-refractivity contribution in [2.75, 3.05) is 13.2 Å². The van der Waals surface area contributed by atoms with Crippen molar-refractivity contribution in [2.24, 2.45) is 0 Å². The van der Waals surface area contributed by atoms with Crippen LogP contribution in [0.2, 0.25) is 0 Å². The Morgan fingerprint density at radius 1 is 1.13 bits per heavy atom. The number of rotatable bonds is 7. The molecule has 0 radical (unpaired) electrons. The van der Waals surface area contributed by atoms with Crippen molar-refractivity contribution in [3.8, 4) is 5.75 Å². The lowest BCUT2D eigenvalue weighted by Crippen LogP contribution is -2.13. The molecule has 0 unspecified atom stereocenters. The number of phenolic OH excluding ortho intramolecular Hbond substituents is 1. The van der Waals surface area contributed by atoms with E-state index in [4.69, 9.17) is 9.47 Å². The summed E-state index contributed by atoms with van der Waals surface area (Å²) in [4.78, 5) is 23.6. The minimum atomic E-state index is -0.417. The fourth-order valence-electron chi connectivity index (χ4n) is 2.49. The van der Waals surface area contributed by atoms with Crippen molar-refractivity contribution in [3.63, 3.8) is 0 Å². The summed E-state index contributed by atoms with van der Waals surface area (Å²) in [6, 6.07) is 6.61. The fraction of sp³-hybridized carbons (Fsp3) is 0.412. The average molecular weight is 319 g/mol. The molecule has 0 saturated heterocycles. The number of aromatic hydroxyl groups is 1. The SMILES string of the molecule is CCOC(=O)CCCn1c(C(=O)OCC)cc2cc(O)ccc21. The molecule has 6 heteroatoms. The number of esters is 2. The van der Waals surface area contributed by atoms with Gasteiger partial charge >= 0.3 is 11.9 Å². The van der Waals surface area contributed by atoms with Gasteiger partial charge in [0.15, 0.2) is 0 Å². The molecular weight excluding hydrogens is 298 g/mol. The van der Waals surface area contributed by atoms with Crippen molar-refractivity contribution in [3.05, 3.63) is 30.0 Å². The van der Waals surface area contributed by atoms with Gasteiger partial charge in [0.1, 0.15) is 11.4 Å². The molecular formula is C17H21NO5. The monoisotopic (exact) mass is 319 g/mol. The van der Waals surface area contributed by atoms with Crippen LogP contribution in [0.25, 0.3) is 10.9 Å². The summed E-state index contributed by atoms with van der Waals surface area (Å²) >= 11 is 0. The second kappa shape index (κ2) is 7.67. The molecule has 0 fully saturated rings. The Hall–Kier alpha value is -2.50. The summed E-state index contributed by atoms with van der Waals surface area (Å²) in [5.41, 5.74) is 1.23. The Bertz CT molecular complexity index is 704. The topological polar surface area (TPSA) is 77.8 Å². The zero-order valence-electron chi connectivity index (χ0n) is 13.4. The summed E-state index contributed by atoms with van der Waals surface area (Å²) < 4.78 is 11.8. The maximum Gasteiger partial charge on any atom is 0.354 e. The number of fused-ring (bicyclic) bond motifs is 1. The molecule has 2 rings (SSSR count). The van der Waals surface area contributed by atoms with Crippen molar-refractivity contribution in [1.29, 1.82) is 0 Å². The van der Waals surface area contributed by atoms with Crippen LogP contribution in [0.4, 0.5) is 0 Å². The van der Waals surface area contributed by atoms with E-state index >= 15 is 0 Å². The molecule has 0 aliphatic carbocycles. The fourth-order valence-corrected chi connectivity index (χ4v) is 2.49. The Morgan fingerprint density at radius 3 is 2.57 bits per heavy atom. The second-order valence-electron chi connectivity index (χ2n) is 5.05. The predicted molar refractivity (Wildman–Crippen MR) is 85.4 cm³/mol. The highest BCUT2D eigenvalue weighted by Gasteiger charge is 2.17. The third-order valence-corrected chi connectivity index (χ3v) is 3.44. The lowest BCUT2D eigenvalue weighted by Gasteiger charge is -2.10. The first-order valence-corrected chi connectivity index (χ1v) is 7.71. The van der Waals surface area contributed by atoms with E-state index in [1.165, 1.54) is 0 Å². The zero-order valence-corrected chi connectivity index (χ0v) is 13.4. The number of aromatic nitrogens is 1. The summed E-state index contributed by atoms with van der Waals surface area (Å²) in [6.07, 6.45) is 0.837. The zero-order chi connectivity index (χ0) is 16.8. The number of hydrogen-bond acceptors (Lipinski definition) is 5. The molecule has 0 atom stereocenters. The molecule has 0 amide bonds.